The number of ether oxygens (including phenoxy) is 2. The fourth-order valence-corrected chi connectivity index (χ4v) is 1.64. The zero-order valence-corrected chi connectivity index (χ0v) is 10.1. The molecule has 1 amide bonds. The molecule has 6 heteroatoms. The lowest BCUT2D eigenvalue weighted by atomic mass is 10.1. The number of cyclic esters (lactones) is 1. The van der Waals surface area contributed by atoms with Crippen LogP contribution in [-0.2, 0) is 4.74 Å². The van der Waals surface area contributed by atoms with Crippen molar-refractivity contribution in [3.05, 3.63) is 23.8 Å². The summed E-state index contributed by atoms with van der Waals surface area (Å²) in [5, 5.41) is 12.5. The molecule has 2 N–H and O–H groups in total. The van der Waals surface area contributed by atoms with Crippen molar-refractivity contribution in [2.45, 2.75) is 13.0 Å². The van der Waals surface area contributed by atoms with Gasteiger partial charge in [-0.1, -0.05) is 12.1 Å². The number of para-hydroxylation sites is 1. The molecule has 5 nitrogen and oxygen atoms in total. The highest BCUT2D eigenvalue weighted by molar-refractivity contribution is 5.85. The smallest absolute Gasteiger partial charge is 0.407 e. The van der Waals surface area contributed by atoms with Crippen molar-refractivity contribution in [2.24, 2.45) is 0 Å². The van der Waals surface area contributed by atoms with Gasteiger partial charge < -0.3 is 19.9 Å². The van der Waals surface area contributed by atoms with Crippen molar-refractivity contribution in [3.63, 3.8) is 0 Å². The molecule has 1 aromatic rings. The minimum atomic E-state index is -0.466. The Balaban J connectivity index is 0.00000144. The van der Waals surface area contributed by atoms with E-state index in [1.807, 2.05) is 6.92 Å². The third-order valence-electron chi connectivity index (χ3n) is 2.38. The number of alkyl carbamates (subject to hydrolysis) is 1. The van der Waals surface area contributed by atoms with Crippen molar-refractivity contribution in [2.75, 3.05) is 13.2 Å². The van der Waals surface area contributed by atoms with E-state index in [0.29, 0.717) is 17.9 Å². The number of phenolic OH excluding ortho intramolecular Hbond substituents is 1. The van der Waals surface area contributed by atoms with Crippen LogP contribution in [0.4, 0.5) is 4.79 Å². The third-order valence-corrected chi connectivity index (χ3v) is 2.38. The van der Waals surface area contributed by atoms with Crippen LogP contribution < -0.4 is 10.1 Å². The zero-order valence-electron chi connectivity index (χ0n) is 9.30. The summed E-state index contributed by atoms with van der Waals surface area (Å²) in [5.41, 5.74) is 0.608. The topological polar surface area (TPSA) is 67.8 Å². The molecule has 17 heavy (non-hydrogen) atoms. The first-order valence-corrected chi connectivity index (χ1v) is 5.10. The summed E-state index contributed by atoms with van der Waals surface area (Å²) < 4.78 is 10.0. The van der Waals surface area contributed by atoms with Crippen LogP contribution in [0, 0.1) is 0 Å². The number of carbonyl (C=O) groups excluding carboxylic acids is 1. The van der Waals surface area contributed by atoms with Gasteiger partial charge in [-0.15, -0.1) is 12.4 Å². The summed E-state index contributed by atoms with van der Waals surface area (Å²) in [6.07, 6.45) is -0.466. The monoisotopic (exact) mass is 259 g/mol. The quantitative estimate of drug-likeness (QED) is 0.871. The number of halogens is 1. The minimum Gasteiger partial charge on any atom is -0.504 e. The fourth-order valence-electron chi connectivity index (χ4n) is 1.64. The van der Waals surface area contributed by atoms with Crippen molar-refractivity contribution < 1.29 is 19.4 Å². The molecule has 0 unspecified atom stereocenters. The van der Waals surface area contributed by atoms with E-state index < -0.39 is 6.09 Å². The van der Waals surface area contributed by atoms with E-state index in [1.54, 1.807) is 18.2 Å². The maximum absolute atomic E-state index is 10.9. The van der Waals surface area contributed by atoms with Gasteiger partial charge in [0.15, 0.2) is 11.5 Å². The Morgan fingerprint density at radius 3 is 2.94 bits per heavy atom. The Bertz CT molecular complexity index is 410. The van der Waals surface area contributed by atoms with Crippen LogP contribution in [0.1, 0.15) is 18.5 Å². The van der Waals surface area contributed by atoms with Crippen molar-refractivity contribution in [1.82, 2.24) is 5.32 Å². The molecule has 2 rings (SSSR count). The average molecular weight is 260 g/mol. The van der Waals surface area contributed by atoms with E-state index in [4.69, 9.17) is 9.47 Å². The summed E-state index contributed by atoms with van der Waals surface area (Å²) in [6, 6.07) is 4.87. The molecule has 0 aliphatic carbocycles. The lowest BCUT2D eigenvalue weighted by molar-refractivity contribution is 0.176. The first-order chi connectivity index (χ1) is 7.72. The summed E-state index contributed by atoms with van der Waals surface area (Å²) in [5.74, 6) is 0.473. The molecule has 94 valence electrons. The molecule has 1 aromatic carbocycles. The number of rotatable bonds is 3. The van der Waals surface area contributed by atoms with E-state index in [-0.39, 0.29) is 30.8 Å². The lowest BCUT2D eigenvalue weighted by Gasteiger charge is -2.13. The van der Waals surface area contributed by atoms with Crippen molar-refractivity contribution in [1.29, 1.82) is 0 Å². The van der Waals surface area contributed by atoms with Crippen LogP contribution in [0.5, 0.6) is 11.5 Å². The second kappa shape index (κ2) is 5.63. The van der Waals surface area contributed by atoms with Gasteiger partial charge in [-0.25, -0.2) is 4.79 Å². The van der Waals surface area contributed by atoms with Gasteiger partial charge in [0.2, 0.25) is 0 Å². The van der Waals surface area contributed by atoms with Crippen LogP contribution in [0.15, 0.2) is 18.2 Å². The Labute approximate surface area is 105 Å². The molecule has 1 aliphatic heterocycles. The molecule has 0 saturated carbocycles. The maximum Gasteiger partial charge on any atom is 0.407 e. The summed E-state index contributed by atoms with van der Waals surface area (Å²) in [4.78, 5) is 10.9. The van der Waals surface area contributed by atoms with Crippen LogP contribution in [-0.4, -0.2) is 24.4 Å². The minimum absolute atomic E-state index is 0. The Kier molecular flexibility index (Phi) is 4.45. The van der Waals surface area contributed by atoms with E-state index in [0.717, 1.165) is 0 Å². The molecule has 0 bridgehead atoms. The molecule has 0 aromatic heterocycles. The molecule has 1 saturated heterocycles. The van der Waals surface area contributed by atoms with Crippen LogP contribution in [0.3, 0.4) is 0 Å². The van der Waals surface area contributed by atoms with E-state index >= 15 is 0 Å². The van der Waals surface area contributed by atoms with Gasteiger partial charge in [-0.05, 0) is 13.0 Å². The average Bonchev–Trinajstić information content (AvgIpc) is 2.68. The molecule has 1 aliphatic rings. The fraction of sp³-hybridized carbons (Fsp3) is 0.364. The largest absolute Gasteiger partial charge is 0.504 e. The van der Waals surface area contributed by atoms with Crippen molar-refractivity contribution in [3.8, 4) is 11.5 Å². The van der Waals surface area contributed by atoms with Crippen LogP contribution >= 0.6 is 12.4 Å². The second-order valence-corrected chi connectivity index (χ2v) is 3.42. The van der Waals surface area contributed by atoms with Crippen LogP contribution in [0.25, 0.3) is 0 Å². The maximum atomic E-state index is 10.9. The standard InChI is InChI=1S/C11H13NO4.ClH/c1-2-15-9-5-3-4-7(10(9)13)8-6-16-11(14)12-8;/h3-5,8,13H,2,6H2,1H3,(H,12,14);1H/t8-;/m1./s1. The number of phenols is 1. The highest BCUT2D eigenvalue weighted by Crippen LogP contribution is 2.34. The number of amides is 1. The van der Waals surface area contributed by atoms with E-state index in [2.05, 4.69) is 5.32 Å². The Morgan fingerprint density at radius 2 is 2.35 bits per heavy atom. The molecule has 0 spiro atoms. The summed E-state index contributed by atoms with van der Waals surface area (Å²) >= 11 is 0. The number of hydrogen-bond donors (Lipinski definition) is 2. The van der Waals surface area contributed by atoms with Crippen molar-refractivity contribution >= 4 is 18.5 Å². The SMILES string of the molecule is CCOc1cccc([C@H]2COC(=O)N2)c1O.Cl. The van der Waals surface area contributed by atoms with Gasteiger partial charge in [0.25, 0.3) is 0 Å². The van der Waals surface area contributed by atoms with Crippen LogP contribution in [0.2, 0.25) is 0 Å². The molecule has 1 atom stereocenters. The third kappa shape index (κ3) is 2.74. The summed E-state index contributed by atoms with van der Waals surface area (Å²) in [7, 11) is 0. The predicted molar refractivity (Wildman–Crippen MR) is 63.7 cm³/mol. The predicted octanol–water partition coefficient (Wildman–Crippen LogP) is 1.99. The molecule has 1 fully saturated rings. The first kappa shape index (κ1) is 13.4. The normalized spacial score (nSPS) is 17.9. The number of carbonyl (C=O) groups is 1. The molecule has 1 heterocycles. The highest BCUT2D eigenvalue weighted by atomic mass is 35.5. The van der Waals surface area contributed by atoms with Gasteiger partial charge in [-0.2, -0.15) is 0 Å². The lowest BCUT2D eigenvalue weighted by Crippen LogP contribution is -2.18. The highest BCUT2D eigenvalue weighted by Gasteiger charge is 2.27. The van der Waals surface area contributed by atoms with E-state index in [1.165, 1.54) is 0 Å². The van der Waals surface area contributed by atoms with Gasteiger partial charge >= 0.3 is 6.09 Å². The molecular formula is C11H14ClNO4. The number of benzene rings is 1. The molecule has 0 radical (unpaired) electrons. The number of nitrogens with one attached hydrogen (secondary N) is 1. The Morgan fingerprint density at radius 1 is 1.59 bits per heavy atom. The van der Waals surface area contributed by atoms with Gasteiger partial charge in [0.05, 0.1) is 12.6 Å². The zero-order chi connectivity index (χ0) is 11.5. The van der Waals surface area contributed by atoms with Gasteiger partial charge in [-0.3, -0.25) is 0 Å². The first-order valence-electron chi connectivity index (χ1n) is 5.10. The number of hydrogen-bond acceptors (Lipinski definition) is 4. The Hall–Kier alpha value is -1.62. The van der Waals surface area contributed by atoms with E-state index in [9.17, 15) is 9.90 Å². The number of aromatic hydroxyl groups is 1. The van der Waals surface area contributed by atoms with Gasteiger partial charge in [0, 0.05) is 5.56 Å². The van der Waals surface area contributed by atoms with Gasteiger partial charge in [0.1, 0.15) is 6.61 Å². The molecular weight excluding hydrogens is 246 g/mol. The second-order valence-electron chi connectivity index (χ2n) is 3.42. The summed E-state index contributed by atoms with van der Waals surface area (Å²) in [6.45, 7) is 2.54.